The number of aryl methyl sites for hydroxylation is 1. The second kappa shape index (κ2) is 10.6. The van der Waals surface area contributed by atoms with Gasteiger partial charge in [0.25, 0.3) is 5.91 Å². The van der Waals surface area contributed by atoms with Crippen molar-refractivity contribution in [2.45, 2.75) is 6.92 Å². The van der Waals surface area contributed by atoms with Crippen LogP contribution in [0, 0.1) is 12.3 Å². The average molecular weight is 545 g/mol. The number of amidine groups is 2. The second-order valence-corrected chi connectivity index (χ2v) is 11.1. The smallest absolute Gasteiger partial charge is 0.283 e. The fourth-order valence-corrected chi connectivity index (χ4v) is 5.11. The Bertz CT molecular complexity index is 1440. The molecular weight excluding hydrogens is 520 g/mol. The number of carbonyl (C=O) groups excluding carboxylic acids is 1. The van der Waals surface area contributed by atoms with Crippen molar-refractivity contribution < 1.29 is 32.2 Å². The summed E-state index contributed by atoms with van der Waals surface area (Å²) in [6.45, 7) is 2.49. The maximum Gasteiger partial charge on any atom is 0.283 e. The van der Waals surface area contributed by atoms with Gasteiger partial charge in [0.2, 0.25) is 25.1 Å². The van der Waals surface area contributed by atoms with E-state index in [2.05, 4.69) is 10.1 Å². The molecule has 0 saturated carbocycles. The van der Waals surface area contributed by atoms with Gasteiger partial charge in [-0.15, -0.1) is 5.10 Å². The van der Waals surface area contributed by atoms with Gasteiger partial charge >= 0.3 is 0 Å². The maximum absolute atomic E-state index is 12.7. The predicted octanol–water partition coefficient (Wildman–Crippen LogP) is 3.09. The largest absolute Gasteiger partial charge is 0.493 e. The van der Waals surface area contributed by atoms with E-state index in [1.807, 2.05) is 31.2 Å². The molecule has 2 aliphatic heterocycles. The predicted molar refractivity (Wildman–Crippen MR) is 142 cm³/mol. The first-order valence-corrected chi connectivity index (χ1v) is 13.6. The Kier molecular flexibility index (Phi) is 7.55. The van der Waals surface area contributed by atoms with E-state index in [0.717, 1.165) is 34.3 Å². The number of ether oxygens (including phenoxy) is 4. The number of methoxy groups -OCH3 is 2. The quantitative estimate of drug-likeness (QED) is 0.392. The third-order valence-electron chi connectivity index (χ3n) is 5.14. The number of nitrogens with zero attached hydrogens (tertiary/aromatic N) is 3. The van der Waals surface area contributed by atoms with E-state index in [0.29, 0.717) is 22.8 Å². The number of hydrogen-bond donors (Lipinski definition) is 1. The molecule has 0 bridgehead atoms. The minimum Gasteiger partial charge on any atom is -0.493 e. The highest BCUT2D eigenvalue weighted by Gasteiger charge is 2.38. The van der Waals surface area contributed by atoms with Crippen LogP contribution in [0.5, 0.6) is 23.0 Å². The lowest BCUT2D eigenvalue weighted by molar-refractivity contribution is -0.114. The van der Waals surface area contributed by atoms with Gasteiger partial charge in [0.15, 0.2) is 17.3 Å². The van der Waals surface area contributed by atoms with Gasteiger partial charge in [0.05, 0.1) is 19.8 Å². The van der Waals surface area contributed by atoms with Crippen LogP contribution in [0.1, 0.15) is 11.1 Å². The number of hydrogen-bond acceptors (Lipinski definition) is 10. The zero-order chi connectivity index (χ0) is 26.7. The third kappa shape index (κ3) is 5.78. The first-order chi connectivity index (χ1) is 17.6. The molecule has 1 amide bonds. The molecular formula is C24H24N4O7S2. The van der Waals surface area contributed by atoms with E-state index in [1.165, 1.54) is 20.3 Å². The minimum atomic E-state index is -3.62. The lowest BCUT2D eigenvalue weighted by atomic mass is 10.1. The summed E-state index contributed by atoms with van der Waals surface area (Å²) >= 11 is 0.722. The highest BCUT2D eigenvalue weighted by molar-refractivity contribution is 8.42. The number of aliphatic imine (C=N–C) groups is 1. The Balaban J connectivity index is 1.55. The molecule has 0 unspecified atom stereocenters. The molecule has 2 heterocycles. The van der Waals surface area contributed by atoms with Gasteiger partial charge in [0, 0.05) is 6.26 Å². The summed E-state index contributed by atoms with van der Waals surface area (Å²) in [4.78, 5) is 16.6. The Morgan fingerprint density at radius 1 is 1.08 bits per heavy atom. The molecule has 11 nitrogen and oxygen atoms in total. The topological polar surface area (TPSA) is 140 Å². The molecule has 0 atom stereocenters. The fraction of sp³-hybridized carbons (Fsp3) is 0.250. The lowest BCUT2D eigenvalue weighted by Crippen LogP contribution is -2.35. The zero-order valence-electron chi connectivity index (χ0n) is 20.5. The van der Waals surface area contributed by atoms with E-state index in [1.54, 1.807) is 12.1 Å². The molecule has 2 aliphatic rings. The van der Waals surface area contributed by atoms with Gasteiger partial charge in [-0.25, -0.2) is 8.42 Å². The highest BCUT2D eigenvalue weighted by Crippen LogP contribution is 2.39. The molecule has 194 valence electrons. The summed E-state index contributed by atoms with van der Waals surface area (Å²) in [6.07, 6.45) is 2.43. The summed E-state index contributed by atoms with van der Waals surface area (Å²) in [5.41, 5.74) is 1.49. The monoisotopic (exact) mass is 544 g/mol. The number of hydrazone groups is 1. The molecule has 0 saturated heterocycles. The standard InChI is InChI=1S/C24H24N4O7S2/c1-14-6-5-7-16(10-14)34-8-9-35-20-18(32-2)12-15(13-19(20)33-3)11-17-21(25)28-23(26-22(17)29)36-24(27-28)37(4,30)31/h5-7,10-13,25H,8-9H2,1-4H3/b17-11-,25-21?. The van der Waals surface area contributed by atoms with Crippen LogP contribution in [-0.2, 0) is 14.6 Å². The van der Waals surface area contributed by atoms with Gasteiger partial charge in [-0.2, -0.15) is 10.0 Å². The number of fused-ring (bicyclic) bond motifs is 1. The second-order valence-electron chi connectivity index (χ2n) is 7.93. The maximum atomic E-state index is 12.7. The van der Waals surface area contributed by atoms with Gasteiger partial charge in [0.1, 0.15) is 19.0 Å². The van der Waals surface area contributed by atoms with Crippen LogP contribution in [0.2, 0.25) is 0 Å². The Labute approximate surface area is 218 Å². The summed E-state index contributed by atoms with van der Waals surface area (Å²) < 4.78 is 46.0. The molecule has 4 rings (SSSR count). The molecule has 13 heteroatoms. The third-order valence-corrected chi connectivity index (χ3v) is 7.71. The first kappa shape index (κ1) is 26.2. The lowest BCUT2D eigenvalue weighted by Gasteiger charge is -2.20. The van der Waals surface area contributed by atoms with Gasteiger partial charge in [-0.05, 0) is 60.2 Å². The molecule has 1 N–H and O–H groups in total. The van der Waals surface area contributed by atoms with Crippen LogP contribution in [-0.4, -0.2) is 68.4 Å². The van der Waals surface area contributed by atoms with Crippen molar-refractivity contribution in [2.75, 3.05) is 33.7 Å². The number of carbonyl (C=O) groups is 1. The van der Waals surface area contributed by atoms with Crippen molar-refractivity contribution in [1.82, 2.24) is 5.01 Å². The van der Waals surface area contributed by atoms with E-state index in [-0.39, 0.29) is 34.2 Å². The van der Waals surface area contributed by atoms with Crippen molar-refractivity contribution in [3.63, 3.8) is 0 Å². The van der Waals surface area contributed by atoms with Crippen LogP contribution in [0.4, 0.5) is 0 Å². The average Bonchev–Trinajstić information content (AvgIpc) is 3.29. The molecule has 37 heavy (non-hydrogen) atoms. The normalized spacial score (nSPS) is 16.3. The van der Waals surface area contributed by atoms with E-state index in [4.69, 9.17) is 24.4 Å². The van der Waals surface area contributed by atoms with Crippen molar-refractivity contribution in [1.29, 1.82) is 5.41 Å². The fourth-order valence-electron chi connectivity index (χ4n) is 3.43. The number of amides is 1. The van der Waals surface area contributed by atoms with Crippen molar-refractivity contribution in [2.24, 2.45) is 10.1 Å². The number of thioether (sulfide) groups is 1. The Morgan fingerprint density at radius 2 is 1.76 bits per heavy atom. The zero-order valence-corrected chi connectivity index (χ0v) is 22.1. The summed E-state index contributed by atoms with van der Waals surface area (Å²) in [5, 5.41) is 13.4. The highest BCUT2D eigenvalue weighted by atomic mass is 32.3. The molecule has 0 aromatic heterocycles. The van der Waals surface area contributed by atoms with Gasteiger partial charge in [-0.1, -0.05) is 12.1 Å². The molecule has 2 aromatic rings. The summed E-state index contributed by atoms with van der Waals surface area (Å²) in [6, 6.07) is 10.9. The van der Waals surface area contributed by atoms with E-state index in [9.17, 15) is 13.2 Å². The molecule has 0 radical (unpaired) electrons. The van der Waals surface area contributed by atoms with E-state index < -0.39 is 15.7 Å². The molecule has 0 fully saturated rings. The van der Waals surface area contributed by atoms with Gasteiger partial charge in [-0.3, -0.25) is 10.2 Å². The minimum absolute atomic E-state index is 0.0133. The SMILES string of the molecule is COc1cc(/C=C2/C(=N)N3N=C(S(C)(=O)=O)SC3=NC2=O)cc(OC)c1OCCOc1cccc(C)c1. The summed E-state index contributed by atoms with van der Waals surface area (Å²) in [5.74, 6) is 0.778. The Morgan fingerprint density at radius 3 is 2.38 bits per heavy atom. The van der Waals surface area contributed by atoms with Crippen molar-refractivity contribution in [3.05, 3.63) is 53.1 Å². The Hall–Kier alpha value is -3.84. The van der Waals surface area contributed by atoms with Crippen molar-refractivity contribution >= 4 is 49.0 Å². The molecule has 2 aromatic carbocycles. The van der Waals surface area contributed by atoms with Crippen LogP contribution < -0.4 is 18.9 Å². The van der Waals surface area contributed by atoms with Crippen LogP contribution in [0.15, 0.2) is 52.1 Å². The van der Waals surface area contributed by atoms with Crippen LogP contribution in [0.25, 0.3) is 6.08 Å². The van der Waals surface area contributed by atoms with Crippen LogP contribution in [0.3, 0.4) is 0 Å². The summed E-state index contributed by atoms with van der Waals surface area (Å²) in [7, 11) is -0.687. The molecule has 0 aliphatic carbocycles. The number of nitrogens with one attached hydrogen (secondary N) is 1. The molecule has 0 spiro atoms. The van der Waals surface area contributed by atoms with Crippen molar-refractivity contribution in [3.8, 4) is 23.0 Å². The first-order valence-electron chi connectivity index (χ1n) is 10.9. The van der Waals surface area contributed by atoms with E-state index >= 15 is 0 Å². The van der Waals surface area contributed by atoms with Crippen LogP contribution >= 0.6 is 11.8 Å². The number of rotatable bonds is 8. The van der Waals surface area contributed by atoms with Gasteiger partial charge < -0.3 is 18.9 Å². The number of sulfone groups is 1. The number of benzene rings is 2.